The Hall–Kier alpha value is -0.0900. The van der Waals surface area contributed by atoms with Crippen LogP contribution in [-0.2, 0) is 9.84 Å². The lowest BCUT2D eigenvalue weighted by Gasteiger charge is -2.10. The van der Waals surface area contributed by atoms with E-state index in [9.17, 15) is 8.42 Å². The van der Waals surface area contributed by atoms with E-state index in [4.69, 9.17) is 0 Å². The van der Waals surface area contributed by atoms with Crippen molar-refractivity contribution in [2.24, 2.45) is 0 Å². The summed E-state index contributed by atoms with van der Waals surface area (Å²) in [6.45, 7) is 5.25. The molecule has 1 heterocycles. The Balaban J connectivity index is 0.000000371. The summed E-state index contributed by atoms with van der Waals surface area (Å²) in [5.41, 5.74) is 0. The van der Waals surface area contributed by atoms with Gasteiger partial charge in [0.05, 0.1) is 11.5 Å². The Morgan fingerprint density at radius 3 is 1.70 bits per heavy atom. The van der Waals surface area contributed by atoms with Gasteiger partial charge < -0.3 is 5.32 Å². The van der Waals surface area contributed by atoms with Crippen LogP contribution in [0, 0.1) is 0 Å². The Morgan fingerprint density at radius 2 is 1.50 bits per heavy atom. The Kier molecular flexibility index (Phi) is 4.64. The molecule has 1 N–H and O–H groups in total. The Morgan fingerprint density at radius 1 is 1.10 bits per heavy atom. The first kappa shape index (κ1) is 9.91. The second-order valence-electron chi connectivity index (χ2n) is 1.90. The third-order valence-electron chi connectivity index (χ3n) is 1.18. The second-order valence-corrected chi connectivity index (χ2v) is 4.21. The van der Waals surface area contributed by atoms with Crippen molar-refractivity contribution in [3.8, 4) is 0 Å². The van der Waals surface area contributed by atoms with E-state index in [1.807, 2.05) is 13.8 Å². The van der Waals surface area contributed by atoms with Gasteiger partial charge in [-0.1, -0.05) is 13.8 Å². The molecule has 0 radical (unpaired) electrons. The summed E-state index contributed by atoms with van der Waals surface area (Å²) >= 11 is 0. The van der Waals surface area contributed by atoms with Crippen LogP contribution in [0.15, 0.2) is 0 Å². The molecule has 0 aromatic heterocycles. The molecule has 4 heteroatoms. The van der Waals surface area contributed by atoms with Crippen LogP contribution in [0.4, 0.5) is 0 Å². The van der Waals surface area contributed by atoms with Crippen LogP contribution in [0.25, 0.3) is 0 Å². The molecule has 1 aliphatic heterocycles. The van der Waals surface area contributed by atoms with Crippen molar-refractivity contribution in [3.05, 3.63) is 0 Å². The molecule has 0 amide bonds. The maximum atomic E-state index is 10.6. The minimum absolute atomic E-state index is 0.312. The summed E-state index contributed by atoms with van der Waals surface area (Å²) in [6, 6.07) is 0. The summed E-state index contributed by atoms with van der Waals surface area (Å²) in [5, 5.41) is 2.96. The largest absolute Gasteiger partial charge is 0.315 e. The van der Waals surface area contributed by atoms with Gasteiger partial charge in [-0.05, 0) is 0 Å². The lowest BCUT2D eigenvalue weighted by atomic mass is 10.6. The minimum Gasteiger partial charge on any atom is -0.315 e. The van der Waals surface area contributed by atoms with Gasteiger partial charge in [-0.25, -0.2) is 8.42 Å². The molecule has 0 aliphatic carbocycles. The molecule has 10 heavy (non-hydrogen) atoms. The standard InChI is InChI=1S/C4H9NO2S.C2H6/c6-8(7)3-1-5-2-4-8;1-2/h5H,1-4H2;1-2H3. The van der Waals surface area contributed by atoms with E-state index in [1.54, 1.807) is 0 Å². The average molecular weight is 165 g/mol. The van der Waals surface area contributed by atoms with Gasteiger partial charge >= 0.3 is 0 Å². The molecule has 0 atom stereocenters. The number of rotatable bonds is 0. The van der Waals surface area contributed by atoms with Crippen molar-refractivity contribution in [1.29, 1.82) is 0 Å². The monoisotopic (exact) mass is 165 g/mol. The topological polar surface area (TPSA) is 46.2 Å². The predicted octanol–water partition coefficient (Wildman–Crippen LogP) is 0.0306. The molecule has 0 aromatic rings. The SMILES string of the molecule is CC.O=S1(=O)CCNCC1. The van der Waals surface area contributed by atoms with Crippen LogP contribution in [0.2, 0.25) is 0 Å². The fourth-order valence-electron chi connectivity index (χ4n) is 0.682. The summed E-state index contributed by atoms with van der Waals surface area (Å²) in [7, 11) is -2.65. The average Bonchev–Trinajstić information content (AvgIpc) is 1.92. The van der Waals surface area contributed by atoms with Gasteiger partial charge in [0.25, 0.3) is 0 Å². The van der Waals surface area contributed by atoms with Crippen molar-refractivity contribution in [1.82, 2.24) is 5.32 Å². The summed E-state index contributed by atoms with van der Waals surface area (Å²) in [5.74, 6) is 0.625. The molecule has 1 saturated heterocycles. The van der Waals surface area contributed by atoms with Gasteiger partial charge in [-0.2, -0.15) is 0 Å². The van der Waals surface area contributed by atoms with Gasteiger partial charge in [-0.3, -0.25) is 0 Å². The molecule has 0 aromatic carbocycles. The highest BCUT2D eigenvalue weighted by molar-refractivity contribution is 7.91. The van der Waals surface area contributed by atoms with E-state index in [1.165, 1.54) is 0 Å². The van der Waals surface area contributed by atoms with E-state index in [0.29, 0.717) is 24.6 Å². The highest BCUT2D eigenvalue weighted by atomic mass is 32.2. The van der Waals surface area contributed by atoms with Crippen molar-refractivity contribution < 1.29 is 8.42 Å². The van der Waals surface area contributed by atoms with Crippen molar-refractivity contribution in [2.45, 2.75) is 13.8 Å². The zero-order valence-corrected chi connectivity index (χ0v) is 7.37. The van der Waals surface area contributed by atoms with Crippen molar-refractivity contribution in [3.63, 3.8) is 0 Å². The fourth-order valence-corrected chi connectivity index (χ4v) is 1.80. The number of nitrogens with one attached hydrogen (secondary N) is 1. The van der Waals surface area contributed by atoms with Gasteiger partial charge in [0.15, 0.2) is 9.84 Å². The van der Waals surface area contributed by atoms with Crippen LogP contribution < -0.4 is 5.32 Å². The summed E-state index contributed by atoms with van der Waals surface area (Å²) in [4.78, 5) is 0. The third-order valence-corrected chi connectivity index (χ3v) is 2.83. The zero-order valence-electron chi connectivity index (χ0n) is 6.55. The number of sulfone groups is 1. The van der Waals surface area contributed by atoms with Crippen LogP contribution in [0.1, 0.15) is 13.8 Å². The molecule has 0 bridgehead atoms. The lowest BCUT2D eigenvalue weighted by molar-refractivity contribution is 0.577. The highest BCUT2D eigenvalue weighted by Crippen LogP contribution is 1.91. The molecular formula is C6H15NO2S. The van der Waals surface area contributed by atoms with Gasteiger partial charge in [0, 0.05) is 13.1 Å². The van der Waals surface area contributed by atoms with E-state index >= 15 is 0 Å². The molecule has 1 fully saturated rings. The Bertz CT molecular complexity index is 151. The van der Waals surface area contributed by atoms with Gasteiger partial charge in [0.2, 0.25) is 0 Å². The lowest BCUT2D eigenvalue weighted by Crippen LogP contribution is -2.35. The molecule has 0 unspecified atom stereocenters. The molecule has 1 rings (SSSR count). The first-order chi connectivity index (χ1) is 4.71. The zero-order chi connectivity index (χ0) is 8.04. The molecule has 3 nitrogen and oxygen atoms in total. The van der Waals surface area contributed by atoms with Crippen LogP contribution in [0.5, 0.6) is 0 Å². The third kappa shape index (κ3) is 3.85. The summed E-state index contributed by atoms with van der Waals surface area (Å²) < 4.78 is 21.2. The molecule has 62 valence electrons. The molecule has 0 spiro atoms. The van der Waals surface area contributed by atoms with Crippen molar-refractivity contribution in [2.75, 3.05) is 24.6 Å². The Labute approximate surface area is 62.7 Å². The van der Waals surface area contributed by atoms with Crippen LogP contribution in [0.3, 0.4) is 0 Å². The maximum absolute atomic E-state index is 10.6. The maximum Gasteiger partial charge on any atom is 0.152 e. The first-order valence-electron chi connectivity index (χ1n) is 3.62. The smallest absolute Gasteiger partial charge is 0.152 e. The molecule has 1 aliphatic rings. The minimum atomic E-state index is -2.65. The van der Waals surface area contributed by atoms with Gasteiger partial charge in [-0.15, -0.1) is 0 Å². The van der Waals surface area contributed by atoms with E-state index in [0.717, 1.165) is 0 Å². The molecular weight excluding hydrogens is 150 g/mol. The van der Waals surface area contributed by atoms with E-state index in [2.05, 4.69) is 5.32 Å². The molecule has 0 saturated carbocycles. The first-order valence-corrected chi connectivity index (χ1v) is 5.44. The highest BCUT2D eigenvalue weighted by Gasteiger charge is 2.13. The number of hydrogen-bond donors (Lipinski definition) is 1. The number of hydrogen-bond acceptors (Lipinski definition) is 3. The quantitative estimate of drug-likeness (QED) is 0.551. The van der Waals surface area contributed by atoms with Crippen molar-refractivity contribution >= 4 is 9.84 Å². The van der Waals surface area contributed by atoms with E-state index < -0.39 is 9.84 Å². The van der Waals surface area contributed by atoms with Gasteiger partial charge in [0.1, 0.15) is 0 Å². The predicted molar refractivity (Wildman–Crippen MR) is 42.9 cm³/mol. The van der Waals surface area contributed by atoms with Crippen LogP contribution >= 0.6 is 0 Å². The van der Waals surface area contributed by atoms with Crippen LogP contribution in [-0.4, -0.2) is 33.0 Å². The normalized spacial score (nSPS) is 22.6. The summed E-state index contributed by atoms with van der Waals surface area (Å²) in [6.07, 6.45) is 0. The van der Waals surface area contributed by atoms with E-state index in [-0.39, 0.29) is 0 Å². The second kappa shape index (κ2) is 4.68. The fraction of sp³-hybridized carbons (Fsp3) is 1.00.